The van der Waals surface area contributed by atoms with Crippen molar-refractivity contribution in [1.82, 2.24) is 4.90 Å². The molecule has 0 aliphatic carbocycles. The van der Waals surface area contributed by atoms with Crippen molar-refractivity contribution < 1.29 is 9.18 Å². The zero-order valence-corrected chi connectivity index (χ0v) is 13.5. The molecule has 1 saturated heterocycles. The summed E-state index contributed by atoms with van der Waals surface area (Å²) in [6.45, 7) is 3.53. The fraction of sp³-hybridized carbons (Fsp3) is 0.350. The average molecular weight is 311 g/mol. The monoisotopic (exact) mass is 311 g/mol. The SMILES string of the molecule is Cc1ccc(C(=O)N2CCC(Cc3ccccc3F)CC2)cc1. The Morgan fingerprint density at radius 2 is 1.74 bits per heavy atom. The van der Waals surface area contributed by atoms with Crippen LogP contribution >= 0.6 is 0 Å². The Morgan fingerprint density at radius 1 is 1.09 bits per heavy atom. The molecule has 1 heterocycles. The van der Waals surface area contributed by atoms with Gasteiger partial charge in [-0.1, -0.05) is 35.9 Å². The molecule has 0 bridgehead atoms. The first-order valence-electron chi connectivity index (χ1n) is 8.23. The second-order valence-corrected chi connectivity index (χ2v) is 6.40. The summed E-state index contributed by atoms with van der Waals surface area (Å²) >= 11 is 0. The fourth-order valence-electron chi connectivity index (χ4n) is 3.19. The maximum Gasteiger partial charge on any atom is 0.253 e. The van der Waals surface area contributed by atoms with Crippen LogP contribution in [0.1, 0.15) is 34.3 Å². The van der Waals surface area contributed by atoms with Crippen LogP contribution < -0.4 is 0 Å². The third-order valence-corrected chi connectivity index (χ3v) is 4.67. The summed E-state index contributed by atoms with van der Waals surface area (Å²) in [4.78, 5) is 14.4. The Hall–Kier alpha value is -2.16. The number of rotatable bonds is 3. The average Bonchev–Trinajstić information content (AvgIpc) is 2.58. The van der Waals surface area contributed by atoms with E-state index in [1.165, 1.54) is 6.07 Å². The quantitative estimate of drug-likeness (QED) is 0.830. The first-order chi connectivity index (χ1) is 11.1. The number of aryl methyl sites for hydroxylation is 1. The lowest BCUT2D eigenvalue weighted by atomic mass is 9.89. The van der Waals surface area contributed by atoms with E-state index in [1.807, 2.05) is 48.2 Å². The van der Waals surface area contributed by atoms with Crippen LogP contribution in [-0.2, 0) is 6.42 Å². The highest BCUT2D eigenvalue weighted by molar-refractivity contribution is 5.94. The van der Waals surface area contributed by atoms with Crippen molar-refractivity contribution in [2.45, 2.75) is 26.2 Å². The lowest BCUT2D eigenvalue weighted by Crippen LogP contribution is -2.38. The maximum absolute atomic E-state index is 13.7. The Morgan fingerprint density at radius 3 is 2.39 bits per heavy atom. The molecule has 120 valence electrons. The van der Waals surface area contributed by atoms with Gasteiger partial charge in [0.15, 0.2) is 0 Å². The molecule has 1 fully saturated rings. The van der Waals surface area contributed by atoms with Crippen LogP contribution in [0.4, 0.5) is 4.39 Å². The minimum atomic E-state index is -0.120. The fourth-order valence-corrected chi connectivity index (χ4v) is 3.19. The van der Waals surface area contributed by atoms with Gasteiger partial charge in [0.2, 0.25) is 0 Å². The van der Waals surface area contributed by atoms with Crippen LogP contribution in [0.3, 0.4) is 0 Å². The van der Waals surface area contributed by atoms with Crippen molar-refractivity contribution in [3.63, 3.8) is 0 Å². The predicted octanol–water partition coefficient (Wildman–Crippen LogP) is 4.23. The van der Waals surface area contributed by atoms with E-state index in [2.05, 4.69) is 0 Å². The second-order valence-electron chi connectivity index (χ2n) is 6.40. The minimum absolute atomic E-state index is 0.106. The zero-order chi connectivity index (χ0) is 16.2. The molecule has 0 saturated carbocycles. The number of hydrogen-bond donors (Lipinski definition) is 0. The van der Waals surface area contributed by atoms with Gasteiger partial charge in [-0.3, -0.25) is 4.79 Å². The van der Waals surface area contributed by atoms with E-state index in [9.17, 15) is 9.18 Å². The van der Waals surface area contributed by atoms with Gasteiger partial charge < -0.3 is 4.90 Å². The van der Waals surface area contributed by atoms with E-state index in [0.29, 0.717) is 5.92 Å². The Balaban J connectivity index is 1.57. The summed E-state index contributed by atoms with van der Waals surface area (Å²) in [5.41, 5.74) is 2.70. The molecule has 0 aromatic heterocycles. The number of amides is 1. The van der Waals surface area contributed by atoms with Gasteiger partial charge in [0.1, 0.15) is 5.82 Å². The number of carbonyl (C=O) groups excluding carboxylic acids is 1. The first kappa shape index (κ1) is 15.7. The smallest absolute Gasteiger partial charge is 0.253 e. The molecule has 0 radical (unpaired) electrons. The van der Waals surface area contributed by atoms with Crippen LogP contribution in [0, 0.1) is 18.7 Å². The predicted molar refractivity (Wildman–Crippen MR) is 89.9 cm³/mol. The van der Waals surface area contributed by atoms with Gasteiger partial charge in [-0.05, 0) is 55.9 Å². The molecular formula is C20H22FNO. The largest absolute Gasteiger partial charge is 0.339 e. The molecule has 2 aromatic rings. The van der Waals surface area contributed by atoms with Crippen LogP contribution in [0.15, 0.2) is 48.5 Å². The van der Waals surface area contributed by atoms with Crippen molar-refractivity contribution >= 4 is 5.91 Å². The second kappa shape index (κ2) is 6.95. The van der Waals surface area contributed by atoms with Gasteiger partial charge in [0.05, 0.1) is 0 Å². The molecule has 0 N–H and O–H groups in total. The van der Waals surface area contributed by atoms with Crippen molar-refractivity contribution in [2.24, 2.45) is 5.92 Å². The van der Waals surface area contributed by atoms with Gasteiger partial charge in [0, 0.05) is 18.7 Å². The van der Waals surface area contributed by atoms with Crippen molar-refractivity contribution in [3.8, 4) is 0 Å². The summed E-state index contributed by atoms with van der Waals surface area (Å²) in [6.07, 6.45) is 2.64. The molecular weight excluding hydrogens is 289 g/mol. The van der Waals surface area contributed by atoms with Gasteiger partial charge in [0.25, 0.3) is 5.91 Å². The van der Waals surface area contributed by atoms with Crippen LogP contribution in [0.2, 0.25) is 0 Å². The molecule has 2 aromatic carbocycles. The molecule has 3 rings (SSSR count). The van der Waals surface area contributed by atoms with Gasteiger partial charge in [-0.15, -0.1) is 0 Å². The summed E-state index contributed by atoms with van der Waals surface area (Å²) in [7, 11) is 0. The van der Waals surface area contributed by atoms with Crippen molar-refractivity contribution in [2.75, 3.05) is 13.1 Å². The van der Waals surface area contributed by atoms with E-state index in [-0.39, 0.29) is 11.7 Å². The normalized spacial score (nSPS) is 15.7. The topological polar surface area (TPSA) is 20.3 Å². The standard InChI is InChI=1S/C20H22FNO/c1-15-6-8-17(9-7-15)20(23)22-12-10-16(11-13-22)14-18-4-2-3-5-19(18)21/h2-9,16H,10-14H2,1H3. The summed E-state index contributed by atoms with van der Waals surface area (Å²) in [5.74, 6) is 0.439. The third kappa shape index (κ3) is 3.79. The molecule has 23 heavy (non-hydrogen) atoms. The van der Waals surface area contributed by atoms with E-state index < -0.39 is 0 Å². The van der Waals surface area contributed by atoms with Crippen molar-refractivity contribution in [3.05, 3.63) is 71.0 Å². The molecule has 2 nitrogen and oxygen atoms in total. The highest BCUT2D eigenvalue weighted by Gasteiger charge is 2.24. The summed E-state index contributed by atoms with van der Waals surface area (Å²) in [6, 6.07) is 14.7. The van der Waals surface area contributed by atoms with Crippen LogP contribution in [0.5, 0.6) is 0 Å². The molecule has 0 unspecified atom stereocenters. The number of halogens is 1. The molecule has 3 heteroatoms. The molecule has 0 atom stereocenters. The van der Waals surface area contributed by atoms with E-state index in [4.69, 9.17) is 0 Å². The Labute approximate surface area is 136 Å². The number of carbonyl (C=O) groups is 1. The molecule has 1 aliphatic rings. The number of nitrogens with zero attached hydrogens (tertiary/aromatic N) is 1. The first-order valence-corrected chi connectivity index (χ1v) is 8.23. The van der Waals surface area contributed by atoms with E-state index in [1.54, 1.807) is 6.07 Å². The third-order valence-electron chi connectivity index (χ3n) is 4.67. The number of piperidine rings is 1. The minimum Gasteiger partial charge on any atom is -0.339 e. The Bertz CT molecular complexity index is 672. The number of likely N-dealkylation sites (tertiary alicyclic amines) is 1. The van der Waals surface area contributed by atoms with Crippen LogP contribution in [-0.4, -0.2) is 23.9 Å². The highest BCUT2D eigenvalue weighted by atomic mass is 19.1. The summed E-state index contributed by atoms with van der Waals surface area (Å²) in [5, 5.41) is 0. The van der Waals surface area contributed by atoms with E-state index >= 15 is 0 Å². The molecule has 0 spiro atoms. The Kier molecular flexibility index (Phi) is 4.75. The lowest BCUT2D eigenvalue weighted by Gasteiger charge is -2.32. The van der Waals surface area contributed by atoms with Gasteiger partial charge in [-0.2, -0.15) is 0 Å². The van der Waals surface area contributed by atoms with Gasteiger partial charge in [-0.25, -0.2) is 4.39 Å². The van der Waals surface area contributed by atoms with E-state index in [0.717, 1.165) is 49.0 Å². The zero-order valence-electron chi connectivity index (χ0n) is 13.5. The molecule has 1 aliphatic heterocycles. The maximum atomic E-state index is 13.7. The van der Waals surface area contributed by atoms with Crippen molar-refractivity contribution in [1.29, 1.82) is 0 Å². The number of benzene rings is 2. The van der Waals surface area contributed by atoms with Crippen LogP contribution in [0.25, 0.3) is 0 Å². The highest BCUT2D eigenvalue weighted by Crippen LogP contribution is 2.24. The number of hydrogen-bond acceptors (Lipinski definition) is 1. The molecule has 1 amide bonds. The lowest BCUT2D eigenvalue weighted by molar-refractivity contribution is 0.0690. The summed E-state index contributed by atoms with van der Waals surface area (Å²) < 4.78 is 13.7. The van der Waals surface area contributed by atoms with Gasteiger partial charge >= 0.3 is 0 Å².